The number of aromatic nitrogens is 2. The summed E-state index contributed by atoms with van der Waals surface area (Å²) in [6.45, 7) is 1.18. The molecule has 2 atom stereocenters. The van der Waals surface area contributed by atoms with E-state index in [9.17, 15) is 15.0 Å². The largest absolute Gasteiger partial charge is 0.493 e. The van der Waals surface area contributed by atoms with Crippen molar-refractivity contribution in [2.45, 2.75) is 12.5 Å². The summed E-state index contributed by atoms with van der Waals surface area (Å²) < 4.78 is 5.90. The highest BCUT2D eigenvalue weighted by molar-refractivity contribution is 5.97. The Hall–Kier alpha value is -2.90. The van der Waals surface area contributed by atoms with Crippen LogP contribution in [-0.4, -0.2) is 57.3 Å². The van der Waals surface area contributed by atoms with Gasteiger partial charge in [0.05, 0.1) is 29.7 Å². The molecule has 2 aliphatic heterocycles. The van der Waals surface area contributed by atoms with Crippen molar-refractivity contribution in [3.8, 4) is 5.75 Å². The number of hydrogen-bond acceptors (Lipinski definition) is 5. The molecule has 1 saturated heterocycles. The molecule has 2 aliphatic rings. The SMILES string of the molecule is O=C(c1ccc2nc(CO)[nH]c2c1)N1C[C@@H]2c3ccccc3OC[C@]2(CO)C1. The highest BCUT2D eigenvalue weighted by atomic mass is 16.5. The van der Waals surface area contributed by atoms with Crippen LogP contribution in [0.3, 0.4) is 0 Å². The van der Waals surface area contributed by atoms with E-state index in [1.807, 2.05) is 24.3 Å². The number of benzene rings is 2. The first kappa shape index (κ1) is 17.2. The summed E-state index contributed by atoms with van der Waals surface area (Å²) in [6.07, 6.45) is 0. The number of hydrogen-bond donors (Lipinski definition) is 3. The molecule has 3 heterocycles. The van der Waals surface area contributed by atoms with Crippen molar-refractivity contribution in [1.29, 1.82) is 0 Å². The summed E-state index contributed by atoms with van der Waals surface area (Å²) in [6, 6.07) is 13.2. The summed E-state index contributed by atoms with van der Waals surface area (Å²) in [4.78, 5) is 22.3. The normalized spacial score (nSPS) is 23.4. The quantitative estimate of drug-likeness (QED) is 0.643. The van der Waals surface area contributed by atoms with Crippen LogP contribution in [0.5, 0.6) is 5.75 Å². The maximum absolute atomic E-state index is 13.2. The molecule has 0 saturated carbocycles. The number of nitrogens with zero attached hydrogens (tertiary/aromatic N) is 2. The Balaban J connectivity index is 1.47. The number of aliphatic hydroxyl groups excluding tert-OH is 2. The van der Waals surface area contributed by atoms with Gasteiger partial charge in [0.1, 0.15) is 18.2 Å². The molecule has 3 N–H and O–H groups in total. The zero-order valence-electron chi connectivity index (χ0n) is 15.3. The van der Waals surface area contributed by atoms with Crippen molar-refractivity contribution in [1.82, 2.24) is 14.9 Å². The average Bonchev–Trinajstić information content (AvgIpc) is 3.34. The number of fused-ring (bicyclic) bond motifs is 4. The third kappa shape index (κ3) is 2.51. The molecule has 28 heavy (non-hydrogen) atoms. The average molecular weight is 379 g/mol. The lowest BCUT2D eigenvalue weighted by Crippen LogP contribution is -2.42. The predicted octanol–water partition coefficient (Wildman–Crippen LogP) is 1.67. The van der Waals surface area contributed by atoms with Gasteiger partial charge in [-0.2, -0.15) is 0 Å². The van der Waals surface area contributed by atoms with Crippen LogP contribution in [0.4, 0.5) is 0 Å². The first-order valence-electron chi connectivity index (χ1n) is 9.35. The van der Waals surface area contributed by atoms with Gasteiger partial charge in [-0.25, -0.2) is 4.98 Å². The lowest BCUT2D eigenvalue weighted by atomic mass is 9.74. The van der Waals surface area contributed by atoms with E-state index in [1.54, 1.807) is 23.1 Å². The number of para-hydroxylation sites is 1. The molecular formula is C21H21N3O4. The smallest absolute Gasteiger partial charge is 0.253 e. The predicted molar refractivity (Wildman–Crippen MR) is 102 cm³/mol. The standard InChI is InChI=1S/C21H21N3O4/c25-9-19-22-16-6-5-13(7-17(16)23-19)20(27)24-8-15-14-3-1-2-4-18(14)28-12-21(15,10-24)11-26/h1-7,15,25-26H,8-12H2,(H,22,23)/t15-,21-/m1/s1. The van der Waals surface area contributed by atoms with E-state index in [0.29, 0.717) is 36.6 Å². The van der Waals surface area contributed by atoms with Crippen LogP contribution in [0, 0.1) is 5.41 Å². The molecule has 5 rings (SSSR count). The van der Waals surface area contributed by atoms with Crippen LogP contribution in [0.1, 0.15) is 27.7 Å². The monoisotopic (exact) mass is 379 g/mol. The van der Waals surface area contributed by atoms with Gasteiger partial charge < -0.3 is 24.8 Å². The zero-order chi connectivity index (χ0) is 19.3. The minimum Gasteiger partial charge on any atom is -0.493 e. The second kappa shape index (κ2) is 6.32. The maximum atomic E-state index is 13.2. The van der Waals surface area contributed by atoms with Crippen molar-refractivity contribution < 1.29 is 19.7 Å². The second-order valence-corrected chi connectivity index (χ2v) is 7.66. The van der Waals surface area contributed by atoms with Crippen molar-refractivity contribution in [2.24, 2.45) is 5.41 Å². The molecule has 144 valence electrons. The molecule has 0 unspecified atom stereocenters. The Morgan fingerprint density at radius 2 is 2.14 bits per heavy atom. The number of H-pyrrole nitrogens is 1. The van der Waals surface area contributed by atoms with E-state index in [0.717, 1.165) is 16.8 Å². The number of ether oxygens (including phenoxy) is 1. The summed E-state index contributed by atoms with van der Waals surface area (Å²) in [7, 11) is 0. The van der Waals surface area contributed by atoms with Gasteiger partial charge in [-0.3, -0.25) is 4.79 Å². The van der Waals surface area contributed by atoms with Crippen LogP contribution < -0.4 is 4.74 Å². The Labute approximate surface area is 161 Å². The molecule has 0 spiro atoms. The molecule has 1 aromatic heterocycles. The van der Waals surface area contributed by atoms with E-state index in [2.05, 4.69) is 9.97 Å². The highest BCUT2D eigenvalue weighted by Crippen LogP contribution is 2.49. The number of aromatic amines is 1. The molecule has 0 bridgehead atoms. The number of rotatable bonds is 3. The van der Waals surface area contributed by atoms with Gasteiger partial charge in [0.15, 0.2) is 0 Å². The number of aliphatic hydroxyl groups is 2. The molecule has 3 aromatic rings. The van der Waals surface area contributed by atoms with Crippen LogP contribution in [0.25, 0.3) is 11.0 Å². The van der Waals surface area contributed by atoms with Gasteiger partial charge in [0.25, 0.3) is 5.91 Å². The molecule has 7 heteroatoms. The van der Waals surface area contributed by atoms with Gasteiger partial charge in [0.2, 0.25) is 0 Å². The Morgan fingerprint density at radius 1 is 1.29 bits per heavy atom. The van der Waals surface area contributed by atoms with Gasteiger partial charge in [-0.1, -0.05) is 18.2 Å². The number of nitrogens with one attached hydrogen (secondary N) is 1. The molecular weight excluding hydrogens is 358 g/mol. The third-order valence-corrected chi connectivity index (χ3v) is 5.99. The molecule has 2 aromatic carbocycles. The van der Waals surface area contributed by atoms with E-state index in [1.165, 1.54) is 0 Å². The summed E-state index contributed by atoms with van der Waals surface area (Å²) in [5.74, 6) is 1.27. The maximum Gasteiger partial charge on any atom is 0.253 e. The molecule has 1 amide bonds. The molecule has 1 fully saturated rings. The number of carbonyl (C=O) groups excluding carboxylic acids is 1. The minimum atomic E-state index is -0.480. The number of amides is 1. The van der Waals surface area contributed by atoms with Gasteiger partial charge >= 0.3 is 0 Å². The Kier molecular flexibility index (Phi) is 3.89. The first-order chi connectivity index (χ1) is 13.6. The van der Waals surface area contributed by atoms with E-state index < -0.39 is 5.41 Å². The molecule has 0 aliphatic carbocycles. The van der Waals surface area contributed by atoms with Crippen molar-refractivity contribution in [3.05, 3.63) is 59.4 Å². The first-order valence-corrected chi connectivity index (χ1v) is 9.35. The van der Waals surface area contributed by atoms with Crippen molar-refractivity contribution in [2.75, 3.05) is 26.3 Å². The van der Waals surface area contributed by atoms with Crippen LogP contribution in [-0.2, 0) is 6.61 Å². The van der Waals surface area contributed by atoms with Crippen molar-refractivity contribution >= 4 is 16.9 Å². The van der Waals surface area contributed by atoms with Crippen LogP contribution in [0.15, 0.2) is 42.5 Å². The number of carbonyl (C=O) groups is 1. The highest BCUT2D eigenvalue weighted by Gasteiger charge is 2.52. The number of likely N-dealkylation sites (tertiary alicyclic amines) is 1. The van der Waals surface area contributed by atoms with Gasteiger partial charge in [-0.05, 0) is 29.8 Å². The van der Waals surface area contributed by atoms with Crippen molar-refractivity contribution in [3.63, 3.8) is 0 Å². The minimum absolute atomic E-state index is 0.0325. The lowest BCUT2D eigenvalue weighted by molar-refractivity contribution is 0.0440. The molecule has 0 radical (unpaired) electrons. The summed E-state index contributed by atoms with van der Waals surface area (Å²) in [5, 5.41) is 19.4. The zero-order valence-corrected chi connectivity index (χ0v) is 15.3. The van der Waals surface area contributed by atoms with Gasteiger partial charge in [-0.15, -0.1) is 0 Å². The van der Waals surface area contributed by atoms with Crippen LogP contribution in [0.2, 0.25) is 0 Å². The second-order valence-electron chi connectivity index (χ2n) is 7.66. The van der Waals surface area contributed by atoms with Crippen LogP contribution >= 0.6 is 0 Å². The lowest BCUT2D eigenvalue weighted by Gasteiger charge is -2.37. The summed E-state index contributed by atoms with van der Waals surface area (Å²) in [5.41, 5.74) is 2.56. The Bertz CT molecular complexity index is 1060. The summed E-state index contributed by atoms with van der Waals surface area (Å²) >= 11 is 0. The van der Waals surface area contributed by atoms with Gasteiger partial charge in [0, 0.05) is 24.6 Å². The fourth-order valence-corrected chi connectivity index (χ4v) is 4.48. The van der Waals surface area contributed by atoms with E-state index in [4.69, 9.17) is 4.74 Å². The Morgan fingerprint density at radius 3 is 2.96 bits per heavy atom. The molecule has 7 nitrogen and oxygen atoms in total. The fraction of sp³-hybridized carbons (Fsp3) is 0.333. The third-order valence-electron chi connectivity index (χ3n) is 5.99. The van der Waals surface area contributed by atoms with E-state index >= 15 is 0 Å². The fourth-order valence-electron chi connectivity index (χ4n) is 4.48. The topological polar surface area (TPSA) is 98.7 Å². The number of imidazole rings is 1. The van der Waals surface area contributed by atoms with E-state index in [-0.39, 0.29) is 25.0 Å².